The van der Waals surface area contributed by atoms with Crippen molar-refractivity contribution in [3.05, 3.63) is 96.0 Å². The van der Waals surface area contributed by atoms with Crippen molar-refractivity contribution in [3.63, 3.8) is 0 Å². The molecule has 0 bridgehead atoms. The average Bonchev–Trinajstić information content (AvgIpc) is 4.13. The maximum absolute atomic E-state index is 13.2. The number of aromatic nitrogens is 12. The molecule has 376 valence electrons. The van der Waals surface area contributed by atoms with Crippen LogP contribution in [0.5, 0.6) is 0 Å². The molecule has 2 saturated heterocycles. The van der Waals surface area contributed by atoms with Crippen LogP contribution >= 0.6 is 72.8 Å². The van der Waals surface area contributed by atoms with Crippen molar-refractivity contribution in [1.82, 2.24) is 69.6 Å². The number of piperazine rings is 2. The normalized spacial score (nSPS) is 15.1. The number of carbonyl (C=O) groups excluding carboxylic acids is 1. The summed E-state index contributed by atoms with van der Waals surface area (Å²) in [5.74, 6) is 0.509. The van der Waals surface area contributed by atoms with E-state index in [1.807, 2.05) is 41.3 Å². The van der Waals surface area contributed by atoms with Crippen LogP contribution in [0.4, 0.5) is 23.0 Å². The number of H-pyrrole nitrogens is 2. The summed E-state index contributed by atoms with van der Waals surface area (Å²) in [7, 11) is 0. The Bertz CT molecular complexity index is 2890. The highest BCUT2D eigenvalue weighted by Crippen LogP contribution is 2.30. The molecule has 70 heavy (non-hydrogen) atoms. The van der Waals surface area contributed by atoms with E-state index in [1.54, 1.807) is 29.5 Å². The maximum atomic E-state index is 13.2. The van der Waals surface area contributed by atoms with E-state index in [9.17, 15) is 9.59 Å². The second-order valence-corrected chi connectivity index (χ2v) is 16.2. The number of aromatic amines is 2. The molecule has 8 N–H and O–H groups in total. The van der Waals surface area contributed by atoms with Crippen LogP contribution in [0.3, 0.4) is 0 Å². The number of benzene rings is 2. The molecular weight excluding hydrogens is 1030 g/mol. The number of hydrogen-bond acceptors (Lipinski definition) is 15. The molecule has 0 radical (unpaired) electrons. The summed E-state index contributed by atoms with van der Waals surface area (Å²) in [5.41, 5.74) is 16.1. The van der Waals surface area contributed by atoms with Crippen molar-refractivity contribution in [2.24, 2.45) is 0 Å². The van der Waals surface area contributed by atoms with Crippen LogP contribution in [0.15, 0.2) is 86.0 Å². The highest BCUT2D eigenvalue weighted by molar-refractivity contribution is 6.31. The highest BCUT2D eigenvalue weighted by atomic mass is 35.5. The van der Waals surface area contributed by atoms with Gasteiger partial charge in [-0.25, -0.2) is 39.3 Å². The van der Waals surface area contributed by atoms with E-state index in [-0.39, 0.29) is 87.9 Å². The molecule has 0 saturated carbocycles. The lowest BCUT2D eigenvalue weighted by atomic mass is 10.1. The Labute approximate surface area is 437 Å². The minimum absolute atomic E-state index is 0. The predicted molar refractivity (Wildman–Crippen MR) is 284 cm³/mol. The van der Waals surface area contributed by atoms with Gasteiger partial charge in [0.15, 0.2) is 22.9 Å². The van der Waals surface area contributed by atoms with Crippen LogP contribution in [0.2, 0.25) is 10.0 Å². The lowest BCUT2D eigenvalue weighted by Gasteiger charge is -2.41. The van der Waals surface area contributed by atoms with Gasteiger partial charge in [-0.05, 0) is 62.4 Å². The standard InChI is InChI=1S/C21H22ClN9O.C11H15ClN2.C10H9N7O2.CH4.4ClH/c1-13-10-29(15-4-2-14(22)3-5-15)8-9-30(13)16(32)11-31-21-17(19(23)26-12-27-21)18(28-31)20-24-6-7-25-20;1-9-8-14(7-6-13-9)11-4-2-10(12)3-5-11;11-8-6-7(9-12-1-2-13-9)16-17(3-5(18)19)10(6)15-4-14-8;;;;;/h2-7,12-13H,8-11H2,1H3,(H,24,25)(H2,23,26,27);2-5,9,13H,6-8H2,1H3;1-2,4H,3H2,(H,12,13)(H,18,19)(H2,11,14,15);1H4;4*1H/t13-;9-;;;;;;/m00....../s1. The first-order valence-electron chi connectivity index (χ1n) is 20.6. The Kier molecular flexibility index (Phi) is 21.7. The van der Waals surface area contributed by atoms with Gasteiger partial charge in [-0.2, -0.15) is 10.2 Å². The quantitative estimate of drug-likeness (QED) is 0.0943. The molecule has 2 atom stereocenters. The number of nitrogens with one attached hydrogen (secondary N) is 3. The van der Waals surface area contributed by atoms with Crippen molar-refractivity contribution in [2.45, 2.75) is 46.4 Å². The number of carboxylic acid groups (broad SMARTS) is 1. The molecule has 0 spiro atoms. The van der Waals surface area contributed by atoms with Gasteiger partial charge in [-0.3, -0.25) is 9.59 Å². The molecule has 6 aromatic heterocycles. The highest BCUT2D eigenvalue weighted by Gasteiger charge is 2.29. The first kappa shape index (κ1) is 58.1. The molecule has 2 aliphatic rings. The van der Waals surface area contributed by atoms with E-state index >= 15 is 0 Å². The number of halogens is 6. The number of hydrogen-bond donors (Lipinski definition) is 6. The third-order valence-corrected chi connectivity index (χ3v) is 11.3. The summed E-state index contributed by atoms with van der Waals surface area (Å²) in [6.45, 7) is 9.30. The van der Waals surface area contributed by atoms with Crippen molar-refractivity contribution in [2.75, 3.05) is 60.5 Å². The Morgan fingerprint density at radius 2 is 1.14 bits per heavy atom. The lowest BCUT2D eigenvalue weighted by molar-refractivity contribution is -0.138. The number of nitrogens with two attached hydrogens (primary N) is 2. The van der Waals surface area contributed by atoms with E-state index in [2.05, 4.69) is 91.2 Å². The van der Waals surface area contributed by atoms with Gasteiger partial charge < -0.3 is 46.6 Å². The predicted octanol–water partition coefficient (Wildman–Crippen LogP) is 6.53. The Balaban J connectivity index is 0.000000293. The fraction of sp³-hybridized carbons (Fsp3) is 0.302. The van der Waals surface area contributed by atoms with E-state index in [0.29, 0.717) is 68.5 Å². The number of anilines is 4. The molecule has 27 heteroatoms. The molecule has 2 aromatic carbocycles. The van der Waals surface area contributed by atoms with E-state index in [0.717, 1.165) is 43.4 Å². The third-order valence-electron chi connectivity index (χ3n) is 10.8. The van der Waals surface area contributed by atoms with Crippen molar-refractivity contribution >= 4 is 130 Å². The van der Waals surface area contributed by atoms with Crippen molar-refractivity contribution in [1.29, 1.82) is 0 Å². The number of carbonyl (C=O) groups is 2. The number of aliphatic carboxylic acids is 1. The molecule has 2 aliphatic heterocycles. The van der Waals surface area contributed by atoms with E-state index in [1.165, 1.54) is 23.0 Å². The van der Waals surface area contributed by atoms with E-state index < -0.39 is 5.97 Å². The second-order valence-electron chi connectivity index (χ2n) is 15.3. The summed E-state index contributed by atoms with van der Waals surface area (Å²) in [6, 6.07) is 16.4. The van der Waals surface area contributed by atoms with Crippen LogP contribution in [0, 0.1) is 0 Å². The molecular formula is C43H54Cl6N18O3. The number of nitrogens with zero attached hydrogens (tertiary/aromatic N) is 13. The van der Waals surface area contributed by atoms with Gasteiger partial charge in [-0.15, -0.1) is 49.6 Å². The first-order valence-corrected chi connectivity index (χ1v) is 21.4. The average molecular weight is 1080 g/mol. The SMILES string of the molecule is C.C[C@H]1CN(c2ccc(Cl)cc2)CCN1.C[C@H]1CN(c2ccc(Cl)cc2)CCN1C(=O)Cn1nc(-c2ncc[nH]2)c2c(N)ncnc21.Cl.Cl.Cl.Cl.Nc1ncnc2c1c(-c1ncc[nH]1)nn2CC(=O)O. The lowest BCUT2D eigenvalue weighted by Crippen LogP contribution is -2.54. The van der Waals surface area contributed by atoms with Crippen LogP contribution < -0.4 is 26.6 Å². The molecule has 2 fully saturated rings. The maximum Gasteiger partial charge on any atom is 0.325 e. The van der Waals surface area contributed by atoms with E-state index in [4.69, 9.17) is 39.8 Å². The number of imidazole rings is 2. The Morgan fingerprint density at radius 3 is 1.57 bits per heavy atom. The summed E-state index contributed by atoms with van der Waals surface area (Å²) >= 11 is 11.9. The van der Waals surface area contributed by atoms with Crippen LogP contribution in [0.25, 0.3) is 45.1 Å². The van der Waals surface area contributed by atoms with Crippen LogP contribution in [-0.2, 0) is 22.7 Å². The number of carboxylic acids is 1. The molecule has 8 heterocycles. The second kappa shape index (κ2) is 26.1. The topological polar surface area (TPSA) is 273 Å². The zero-order chi connectivity index (χ0) is 45.6. The van der Waals surface area contributed by atoms with Gasteiger partial charge >= 0.3 is 5.97 Å². The summed E-state index contributed by atoms with van der Waals surface area (Å²) in [6.07, 6.45) is 9.18. The molecule has 10 rings (SSSR count). The third kappa shape index (κ3) is 13.4. The smallest absolute Gasteiger partial charge is 0.325 e. The van der Waals surface area contributed by atoms with Gasteiger partial charge in [0.2, 0.25) is 5.91 Å². The van der Waals surface area contributed by atoms with Gasteiger partial charge in [-0.1, -0.05) is 30.6 Å². The first-order chi connectivity index (χ1) is 31.4. The largest absolute Gasteiger partial charge is 0.480 e. The Hall–Kier alpha value is -6.20. The molecule has 1 amide bonds. The minimum atomic E-state index is -1.02. The number of fused-ring (bicyclic) bond motifs is 2. The summed E-state index contributed by atoms with van der Waals surface area (Å²) in [4.78, 5) is 61.2. The van der Waals surface area contributed by atoms with Gasteiger partial charge in [0.1, 0.15) is 48.8 Å². The van der Waals surface area contributed by atoms with Gasteiger partial charge in [0.25, 0.3) is 0 Å². The Morgan fingerprint density at radius 1 is 0.671 bits per heavy atom. The van der Waals surface area contributed by atoms with Crippen molar-refractivity contribution in [3.8, 4) is 23.0 Å². The monoisotopic (exact) mass is 1080 g/mol. The van der Waals surface area contributed by atoms with Crippen molar-refractivity contribution < 1.29 is 14.7 Å². The van der Waals surface area contributed by atoms with Gasteiger partial charge in [0, 0.05) is 97.6 Å². The van der Waals surface area contributed by atoms with Crippen LogP contribution in [0.1, 0.15) is 21.3 Å². The zero-order valence-corrected chi connectivity index (χ0v) is 41.8. The fourth-order valence-corrected chi connectivity index (χ4v) is 8.03. The van der Waals surface area contributed by atoms with Crippen LogP contribution in [-0.4, -0.2) is 133 Å². The fourth-order valence-electron chi connectivity index (χ4n) is 7.78. The minimum Gasteiger partial charge on any atom is -0.480 e. The number of nitrogen functional groups attached to an aromatic ring is 2. The number of rotatable bonds is 8. The van der Waals surface area contributed by atoms with Gasteiger partial charge in [0.05, 0.1) is 10.8 Å². The summed E-state index contributed by atoms with van der Waals surface area (Å²) < 4.78 is 2.83. The number of amides is 1. The summed E-state index contributed by atoms with van der Waals surface area (Å²) in [5, 5.41) is 23.7. The zero-order valence-electron chi connectivity index (χ0n) is 37.0. The molecule has 0 aliphatic carbocycles. The molecule has 8 aromatic rings. The molecule has 0 unspecified atom stereocenters. The molecule has 21 nitrogen and oxygen atoms in total.